The maximum absolute atomic E-state index is 11.9. The normalized spacial score (nSPS) is 11.2. The summed E-state index contributed by atoms with van der Waals surface area (Å²) in [6.07, 6.45) is 4.76. The summed E-state index contributed by atoms with van der Waals surface area (Å²) in [7, 11) is 0. The Kier molecular flexibility index (Phi) is 8.07. The number of unbranched alkanes of at least 4 members (excludes halogenated alkanes) is 2. The van der Waals surface area contributed by atoms with Crippen molar-refractivity contribution in [3.63, 3.8) is 0 Å². The molecule has 0 aromatic heterocycles. The van der Waals surface area contributed by atoms with Crippen LogP contribution in [0, 0.1) is 0 Å². The van der Waals surface area contributed by atoms with Crippen LogP contribution in [0.4, 0.5) is 0 Å². The molecule has 1 aromatic rings. The number of halogens is 1. The van der Waals surface area contributed by atoms with Crippen molar-refractivity contribution < 1.29 is 14.3 Å². The minimum Gasteiger partial charge on any atom is -0.476 e. The molecule has 0 aliphatic carbocycles. The van der Waals surface area contributed by atoms with Crippen LogP contribution in [-0.4, -0.2) is 22.6 Å². The summed E-state index contributed by atoms with van der Waals surface area (Å²) in [6.45, 7) is 5.63. The third-order valence-electron chi connectivity index (χ3n) is 3.14. The van der Waals surface area contributed by atoms with E-state index in [-0.39, 0.29) is 5.97 Å². The van der Waals surface area contributed by atoms with Crippen molar-refractivity contribution >= 4 is 28.6 Å². The Morgan fingerprint density at radius 2 is 2.00 bits per heavy atom. The van der Waals surface area contributed by atoms with Gasteiger partial charge in [-0.1, -0.05) is 41.1 Å². The lowest BCUT2D eigenvalue weighted by atomic mass is 10.1. The second-order valence-electron chi connectivity index (χ2n) is 5.48. The van der Waals surface area contributed by atoms with Crippen molar-refractivity contribution in [2.75, 3.05) is 11.0 Å². The summed E-state index contributed by atoms with van der Waals surface area (Å²) in [5, 5.41) is 0. The lowest BCUT2D eigenvalue weighted by molar-refractivity contribution is -0.158. The van der Waals surface area contributed by atoms with E-state index in [0.717, 1.165) is 12.2 Å². The van der Waals surface area contributed by atoms with Crippen LogP contribution in [0.25, 0.3) is 0 Å². The zero-order valence-electron chi connectivity index (χ0n) is 13.2. The number of alkyl halides is 1. The van der Waals surface area contributed by atoms with Gasteiger partial charge in [-0.25, -0.2) is 4.79 Å². The lowest BCUT2D eigenvalue weighted by Crippen LogP contribution is -2.39. The zero-order valence-corrected chi connectivity index (χ0v) is 15.3. The number of ether oxygens (including phenoxy) is 2. The van der Waals surface area contributed by atoms with Crippen molar-refractivity contribution in [1.82, 2.24) is 0 Å². The Labute approximate surface area is 141 Å². The van der Waals surface area contributed by atoms with E-state index in [1.54, 1.807) is 20.8 Å². The standard InChI is InChI=1S/C17H25IO3/c1-4-20-16(19)17(2,3)21-15-11-8-10-14(13-15)9-6-5-7-12-18/h8,10-11,13H,4-7,9,12H2,1-3H3. The molecule has 0 spiro atoms. The van der Waals surface area contributed by atoms with E-state index in [9.17, 15) is 4.79 Å². The van der Waals surface area contributed by atoms with Gasteiger partial charge in [0.2, 0.25) is 0 Å². The predicted molar refractivity (Wildman–Crippen MR) is 94.2 cm³/mol. The van der Waals surface area contributed by atoms with Gasteiger partial charge in [0.05, 0.1) is 6.61 Å². The molecule has 0 saturated carbocycles. The fourth-order valence-corrected chi connectivity index (χ4v) is 2.55. The van der Waals surface area contributed by atoms with Crippen molar-refractivity contribution in [2.24, 2.45) is 0 Å². The Hall–Kier alpha value is -0.780. The van der Waals surface area contributed by atoms with E-state index in [1.165, 1.54) is 29.3 Å². The predicted octanol–water partition coefficient (Wildman–Crippen LogP) is 4.55. The highest BCUT2D eigenvalue weighted by Crippen LogP contribution is 2.22. The molecule has 21 heavy (non-hydrogen) atoms. The molecular formula is C17H25IO3. The van der Waals surface area contributed by atoms with Crippen LogP contribution in [0.15, 0.2) is 24.3 Å². The number of benzene rings is 1. The molecule has 0 radical (unpaired) electrons. The van der Waals surface area contributed by atoms with Gasteiger partial charge in [0.1, 0.15) is 5.75 Å². The minimum atomic E-state index is -0.962. The van der Waals surface area contributed by atoms with Gasteiger partial charge in [-0.3, -0.25) is 0 Å². The van der Waals surface area contributed by atoms with Crippen molar-refractivity contribution in [1.29, 1.82) is 0 Å². The summed E-state index contributed by atoms with van der Waals surface area (Å²) in [4.78, 5) is 11.9. The lowest BCUT2D eigenvalue weighted by Gasteiger charge is -2.24. The number of esters is 1. The van der Waals surface area contributed by atoms with Crippen LogP contribution >= 0.6 is 22.6 Å². The Bertz CT molecular complexity index is 443. The van der Waals surface area contributed by atoms with Crippen molar-refractivity contribution in [2.45, 2.75) is 52.1 Å². The maximum Gasteiger partial charge on any atom is 0.349 e. The number of rotatable bonds is 9. The summed E-state index contributed by atoms with van der Waals surface area (Å²) < 4.78 is 12.1. The molecule has 3 nitrogen and oxygen atoms in total. The Morgan fingerprint density at radius 1 is 1.24 bits per heavy atom. The summed E-state index contributed by atoms with van der Waals surface area (Å²) >= 11 is 2.41. The van der Waals surface area contributed by atoms with E-state index < -0.39 is 5.60 Å². The molecule has 0 bridgehead atoms. The number of hydrogen-bond acceptors (Lipinski definition) is 3. The SMILES string of the molecule is CCOC(=O)C(C)(C)Oc1cccc(CCCCCI)c1. The highest BCUT2D eigenvalue weighted by molar-refractivity contribution is 14.1. The number of carbonyl (C=O) groups excluding carboxylic acids is 1. The van der Waals surface area contributed by atoms with Gasteiger partial charge < -0.3 is 9.47 Å². The highest BCUT2D eigenvalue weighted by atomic mass is 127. The van der Waals surface area contributed by atoms with Gasteiger partial charge in [0.15, 0.2) is 5.60 Å². The van der Waals surface area contributed by atoms with Gasteiger partial charge in [0.25, 0.3) is 0 Å². The largest absolute Gasteiger partial charge is 0.476 e. The van der Waals surface area contributed by atoms with Gasteiger partial charge >= 0.3 is 5.97 Å². The van der Waals surface area contributed by atoms with Crippen molar-refractivity contribution in [3.05, 3.63) is 29.8 Å². The first-order chi connectivity index (χ1) is 9.99. The number of aryl methyl sites for hydroxylation is 1. The summed E-state index contributed by atoms with van der Waals surface area (Å²) in [6, 6.07) is 7.98. The van der Waals surface area contributed by atoms with Crippen molar-refractivity contribution in [3.8, 4) is 5.75 Å². The molecular weight excluding hydrogens is 379 g/mol. The second kappa shape index (κ2) is 9.28. The zero-order chi connectivity index (χ0) is 15.7. The van der Waals surface area contributed by atoms with Gasteiger partial charge in [-0.2, -0.15) is 0 Å². The average molecular weight is 404 g/mol. The fraction of sp³-hybridized carbons (Fsp3) is 0.588. The van der Waals surface area contributed by atoms with Crippen LogP contribution in [0.2, 0.25) is 0 Å². The van der Waals surface area contributed by atoms with Crippen LogP contribution in [0.3, 0.4) is 0 Å². The first-order valence-corrected chi connectivity index (χ1v) is 9.03. The van der Waals surface area contributed by atoms with E-state index >= 15 is 0 Å². The molecule has 0 atom stereocenters. The quantitative estimate of drug-likeness (QED) is 0.262. The molecule has 0 aliphatic rings. The molecule has 0 aliphatic heterocycles. The molecule has 0 heterocycles. The third kappa shape index (κ3) is 6.68. The molecule has 1 aromatic carbocycles. The maximum atomic E-state index is 11.9. The first kappa shape index (κ1) is 18.3. The molecule has 118 valence electrons. The summed E-state index contributed by atoms with van der Waals surface area (Å²) in [5.41, 5.74) is 0.288. The Balaban J connectivity index is 2.61. The van der Waals surface area contributed by atoms with Gasteiger partial charge in [-0.05, 0) is 62.2 Å². The molecule has 0 fully saturated rings. The number of carbonyl (C=O) groups is 1. The molecule has 1 rings (SSSR count). The topological polar surface area (TPSA) is 35.5 Å². The first-order valence-electron chi connectivity index (χ1n) is 7.50. The Morgan fingerprint density at radius 3 is 2.67 bits per heavy atom. The van der Waals surface area contributed by atoms with E-state index in [2.05, 4.69) is 28.7 Å². The second-order valence-corrected chi connectivity index (χ2v) is 6.56. The van der Waals surface area contributed by atoms with Crippen LogP contribution in [0.1, 0.15) is 45.6 Å². The molecule has 0 amide bonds. The fourth-order valence-electron chi connectivity index (χ4n) is 2.01. The average Bonchev–Trinajstić information content (AvgIpc) is 2.44. The van der Waals surface area contributed by atoms with Crippen LogP contribution in [-0.2, 0) is 16.0 Å². The molecule has 0 N–H and O–H groups in total. The molecule has 0 unspecified atom stereocenters. The highest BCUT2D eigenvalue weighted by Gasteiger charge is 2.31. The van der Waals surface area contributed by atoms with E-state index in [4.69, 9.17) is 9.47 Å². The van der Waals surface area contributed by atoms with Crippen LogP contribution < -0.4 is 4.74 Å². The van der Waals surface area contributed by atoms with E-state index in [1.807, 2.05) is 18.2 Å². The summed E-state index contributed by atoms with van der Waals surface area (Å²) in [5.74, 6) is 0.386. The van der Waals surface area contributed by atoms with Gasteiger partial charge in [-0.15, -0.1) is 0 Å². The molecule has 0 saturated heterocycles. The van der Waals surface area contributed by atoms with Gasteiger partial charge in [0, 0.05) is 0 Å². The number of hydrogen-bond donors (Lipinski definition) is 0. The monoisotopic (exact) mass is 404 g/mol. The smallest absolute Gasteiger partial charge is 0.349 e. The van der Waals surface area contributed by atoms with Crippen LogP contribution in [0.5, 0.6) is 5.75 Å². The van der Waals surface area contributed by atoms with E-state index in [0.29, 0.717) is 6.61 Å². The molecule has 4 heteroatoms. The minimum absolute atomic E-state index is 0.336. The third-order valence-corrected chi connectivity index (χ3v) is 3.90.